The Morgan fingerprint density at radius 2 is 1.86 bits per heavy atom. The minimum atomic E-state index is -0.461. The van der Waals surface area contributed by atoms with E-state index in [4.69, 9.17) is 23.2 Å². The summed E-state index contributed by atoms with van der Waals surface area (Å²) in [6, 6.07) is 10.7. The molecule has 0 unspecified atom stereocenters. The lowest BCUT2D eigenvalue weighted by Gasteiger charge is -2.14. The Balaban J connectivity index is 1.77. The van der Waals surface area contributed by atoms with Gasteiger partial charge in [-0.05, 0) is 50.2 Å². The first-order valence-electron chi connectivity index (χ1n) is 8.19. The topological polar surface area (TPSA) is 94.0 Å². The highest BCUT2D eigenvalue weighted by molar-refractivity contribution is 6.42. The number of nitrogens with one attached hydrogen (secondary N) is 2. The molecule has 0 aliphatic carbocycles. The molecule has 2 aromatic rings. The first kappa shape index (κ1) is 19.7. The molecule has 0 saturated carbocycles. The number of hydrazone groups is 1. The van der Waals surface area contributed by atoms with Crippen molar-refractivity contribution in [2.45, 2.75) is 13.8 Å². The Bertz CT molecular complexity index is 1030. The van der Waals surface area contributed by atoms with E-state index >= 15 is 0 Å². The largest absolute Gasteiger partial charge is 0.508 e. The van der Waals surface area contributed by atoms with Gasteiger partial charge < -0.3 is 10.5 Å². The van der Waals surface area contributed by atoms with E-state index < -0.39 is 5.91 Å². The number of anilines is 1. The number of halogens is 2. The van der Waals surface area contributed by atoms with Gasteiger partial charge in [0.15, 0.2) is 0 Å². The first-order valence-corrected chi connectivity index (χ1v) is 8.95. The van der Waals surface area contributed by atoms with Crippen LogP contribution in [0.15, 0.2) is 58.8 Å². The summed E-state index contributed by atoms with van der Waals surface area (Å²) < 4.78 is 0. The molecule has 0 saturated heterocycles. The average molecular weight is 419 g/mol. The van der Waals surface area contributed by atoms with Crippen LogP contribution in [-0.4, -0.2) is 22.6 Å². The summed E-state index contributed by atoms with van der Waals surface area (Å²) in [5, 5.41) is 15.6. The molecule has 0 fully saturated rings. The Kier molecular flexibility index (Phi) is 5.58. The SMILES string of the molecule is CC1=NN(c2ccc(Cl)c(Cl)c2)C(=O)/C1=C(/C)NNC(=O)c1cccc(O)c1. The van der Waals surface area contributed by atoms with E-state index in [0.29, 0.717) is 32.7 Å². The molecule has 9 heteroatoms. The number of benzene rings is 2. The van der Waals surface area contributed by atoms with Crippen LogP contribution in [0.5, 0.6) is 5.75 Å². The number of phenols is 1. The number of hydrazine groups is 1. The van der Waals surface area contributed by atoms with Gasteiger partial charge >= 0.3 is 0 Å². The minimum Gasteiger partial charge on any atom is -0.508 e. The standard InChI is InChI=1S/C19H16Cl2N4O3/c1-10(22-23-18(27)12-4-3-5-14(26)8-12)17-11(2)24-25(19(17)28)13-6-7-15(20)16(21)9-13/h3-9,22,26H,1-2H3,(H,23,27)/b17-10-. The lowest BCUT2D eigenvalue weighted by molar-refractivity contribution is -0.114. The molecule has 1 heterocycles. The highest BCUT2D eigenvalue weighted by Crippen LogP contribution is 2.30. The molecule has 1 aliphatic rings. The van der Waals surface area contributed by atoms with Crippen LogP contribution in [0.3, 0.4) is 0 Å². The van der Waals surface area contributed by atoms with Crippen molar-refractivity contribution in [3.05, 3.63) is 69.3 Å². The number of aromatic hydroxyl groups is 1. The number of carbonyl (C=O) groups is 2. The average Bonchev–Trinajstić information content (AvgIpc) is 2.96. The Morgan fingerprint density at radius 1 is 1.11 bits per heavy atom. The van der Waals surface area contributed by atoms with E-state index in [1.165, 1.54) is 17.1 Å². The fourth-order valence-corrected chi connectivity index (χ4v) is 2.95. The summed E-state index contributed by atoms with van der Waals surface area (Å²) in [5.41, 5.74) is 7.18. The molecule has 0 aromatic heterocycles. The van der Waals surface area contributed by atoms with Crippen molar-refractivity contribution in [2.75, 3.05) is 5.01 Å². The Morgan fingerprint density at radius 3 is 2.54 bits per heavy atom. The van der Waals surface area contributed by atoms with E-state index in [0.717, 1.165) is 0 Å². The molecule has 0 spiro atoms. The number of rotatable bonds is 4. The molecule has 0 radical (unpaired) electrons. The van der Waals surface area contributed by atoms with Crippen LogP contribution in [0.1, 0.15) is 24.2 Å². The molecular weight excluding hydrogens is 403 g/mol. The third-order valence-corrected chi connectivity index (χ3v) is 4.75. The van der Waals surface area contributed by atoms with Gasteiger partial charge in [-0.1, -0.05) is 29.3 Å². The van der Waals surface area contributed by atoms with Crippen LogP contribution in [0.25, 0.3) is 0 Å². The molecule has 3 rings (SSSR count). The fraction of sp³-hybridized carbons (Fsp3) is 0.105. The third-order valence-electron chi connectivity index (χ3n) is 4.01. The second-order valence-electron chi connectivity index (χ2n) is 6.03. The van der Waals surface area contributed by atoms with E-state index in [-0.39, 0.29) is 17.2 Å². The number of amides is 2. The van der Waals surface area contributed by atoms with Crippen molar-refractivity contribution in [3.63, 3.8) is 0 Å². The Labute approximate surface area is 171 Å². The van der Waals surface area contributed by atoms with Crippen molar-refractivity contribution in [1.82, 2.24) is 10.9 Å². The predicted molar refractivity (Wildman–Crippen MR) is 108 cm³/mol. The van der Waals surface area contributed by atoms with E-state index in [2.05, 4.69) is 16.0 Å². The van der Waals surface area contributed by atoms with Gasteiger partial charge in [-0.15, -0.1) is 0 Å². The van der Waals surface area contributed by atoms with E-state index in [1.807, 2.05) is 0 Å². The van der Waals surface area contributed by atoms with Crippen LogP contribution in [-0.2, 0) is 4.79 Å². The zero-order valence-corrected chi connectivity index (χ0v) is 16.5. The van der Waals surface area contributed by atoms with Gasteiger partial charge in [-0.3, -0.25) is 15.0 Å². The quantitative estimate of drug-likeness (QED) is 0.521. The number of nitrogens with zero attached hydrogens (tertiary/aromatic N) is 2. The molecule has 2 amide bonds. The summed E-state index contributed by atoms with van der Waals surface area (Å²) in [6.45, 7) is 3.33. The van der Waals surface area contributed by atoms with Gasteiger partial charge in [0.1, 0.15) is 5.75 Å². The lowest BCUT2D eigenvalue weighted by atomic mass is 10.1. The van der Waals surface area contributed by atoms with Gasteiger partial charge in [0.25, 0.3) is 11.8 Å². The maximum Gasteiger partial charge on any atom is 0.282 e. The highest BCUT2D eigenvalue weighted by atomic mass is 35.5. The van der Waals surface area contributed by atoms with Crippen LogP contribution in [0.4, 0.5) is 5.69 Å². The number of phenolic OH excluding ortho intramolecular Hbond substituents is 1. The number of hydrogen-bond acceptors (Lipinski definition) is 5. The number of hydrogen-bond donors (Lipinski definition) is 3. The van der Waals surface area contributed by atoms with Gasteiger partial charge in [-0.2, -0.15) is 10.1 Å². The fourth-order valence-electron chi connectivity index (χ4n) is 2.66. The number of allylic oxidation sites excluding steroid dienone is 1. The summed E-state index contributed by atoms with van der Waals surface area (Å²) in [4.78, 5) is 25.0. The zero-order valence-electron chi connectivity index (χ0n) is 15.0. The summed E-state index contributed by atoms with van der Waals surface area (Å²) >= 11 is 11.9. The molecule has 2 aromatic carbocycles. The van der Waals surface area contributed by atoms with Crippen LogP contribution in [0, 0.1) is 0 Å². The predicted octanol–water partition coefficient (Wildman–Crippen LogP) is 3.63. The van der Waals surface area contributed by atoms with E-state index in [1.54, 1.807) is 44.2 Å². The molecular formula is C19H16Cl2N4O3. The van der Waals surface area contributed by atoms with Crippen molar-refractivity contribution in [1.29, 1.82) is 0 Å². The van der Waals surface area contributed by atoms with Crippen LogP contribution < -0.4 is 15.9 Å². The smallest absolute Gasteiger partial charge is 0.282 e. The zero-order chi connectivity index (χ0) is 20.4. The maximum absolute atomic E-state index is 12.8. The first-order chi connectivity index (χ1) is 13.3. The molecule has 0 atom stereocenters. The van der Waals surface area contributed by atoms with Crippen molar-refractivity contribution < 1.29 is 14.7 Å². The van der Waals surface area contributed by atoms with Crippen molar-refractivity contribution in [2.24, 2.45) is 5.10 Å². The van der Waals surface area contributed by atoms with Crippen LogP contribution in [0.2, 0.25) is 10.0 Å². The molecule has 3 N–H and O–H groups in total. The minimum absolute atomic E-state index is 0.0195. The summed E-state index contributed by atoms with van der Waals surface area (Å²) in [6.07, 6.45) is 0. The maximum atomic E-state index is 12.8. The lowest BCUT2D eigenvalue weighted by Crippen LogP contribution is -2.37. The van der Waals surface area contributed by atoms with Gasteiger partial charge in [-0.25, -0.2) is 0 Å². The van der Waals surface area contributed by atoms with Gasteiger partial charge in [0, 0.05) is 11.3 Å². The molecule has 0 bridgehead atoms. The molecule has 28 heavy (non-hydrogen) atoms. The second kappa shape index (κ2) is 7.92. The van der Waals surface area contributed by atoms with E-state index in [9.17, 15) is 14.7 Å². The summed E-state index contributed by atoms with van der Waals surface area (Å²) in [5.74, 6) is -0.848. The monoisotopic (exact) mass is 418 g/mol. The Hall–Kier alpha value is -3.03. The van der Waals surface area contributed by atoms with Gasteiger partial charge in [0.2, 0.25) is 0 Å². The van der Waals surface area contributed by atoms with Gasteiger partial charge in [0.05, 0.1) is 27.0 Å². The van der Waals surface area contributed by atoms with Crippen molar-refractivity contribution in [3.8, 4) is 5.75 Å². The molecule has 1 aliphatic heterocycles. The summed E-state index contributed by atoms with van der Waals surface area (Å²) in [7, 11) is 0. The normalized spacial score (nSPS) is 15.4. The third kappa shape index (κ3) is 3.95. The second-order valence-corrected chi connectivity index (χ2v) is 6.84. The molecule has 144 valence electrons. The van der Waals surface area contributed by atoms with Crippen LogP contribution >= 0.6 is 23.2 Å². The highest BCUT2D eigenvalue weighted by Gasteiger charge is 2.31. The number of carbonyl (C=O) groups excluding carboxylic acids is 2. The molecule has 7 nitrogen and oxygen atoms in total. The van der Waals surface area contributed by atoms with Crippen molar-refractivity contribution >= 4 is 46.4 Å².